The maximum Gasteiger partial charge on any atom is 0.276 e. The lowest BCUT2D eigenvalue weighted by Crippen LogP contribution is -1.94. The molecule has 0 spiro atoms. The van der Waals surface area contributed by atoms with Crippen LogP contribution in [0.2, 0.25) is 0 Å². The second-order valence-electron chi connectivity index (χ2n) is 2.78. The van der Waals surface area contributed by atoms with Crippen LogP contribution in [-0.2, 0) is 4.74 Å². The second-order valence-corrected chi connectivity index (χ2v) is 3.70. The quantitative estimate of drug-likeness (QED) is 0.456. The summed E-state index contributed by atoms with van der Waals surface area (Å²) in [6.07, 6.45) is -0.0755. The van der Waals surface area contributed by atoms with Crippen LogP contribution in [0.1, 0.15) is 11.7 Å². The number of hydrogen-bond acceptors (Lipinski definition) is 3. The maximum absolute atomic E-state index is 10.6. The summed E-state index contributed by atoms with van der Waals surface area (Å²) in [4.78, 5) is 10.2. The molecule has 4 nitrogen and oxygen atoms in total. The van der Waals surface area contributed by atoms with Gasteiger partial charge >= 0.3 is 0 Å². The van der Waals surface area contributed by atoms with Crippen molar-refractivity contribution >= 4 is 21.6 Å². The molecule has 13 heavy (non-hydrogen) atoms. The zero-order valence-corrected chi connectivity index (χ0v) is 8.15. The van der Waals surface area contributed by atoms with Crippen molar-refractivity contribution in [1.82, 2.24) is 0 Å². The number of nitro benzene ring substituents is 1. The molecule has 1 heterocycles. The smallest absolute Gasteiger partial charge is 0.276 e. The van der Waals surface area contributed by atoms with Gasteiger partial charge in [0.15, 0.2) is 0 Å². The monoisotopic (exact) mass is 243 g/mol. The summed E-state index contributed by atoms with van der Waals surface area (Å²) in [5, 5.41) is 10.6. The number of hydrogen-bond donors (Lipinski definition) is 0. The Bertz CT molecular complexity index is 362. The van der Waals surface area contributed by atoms with Crippen LogP contribution in [-0.4, -0.2) is 11.5 Å². The molecule has 0 radical (unpaired) electrons. The summed E-state index contributed by atoms with van der Waals surface area (Å²) in [6, 6.07) is 5.00. The van der Waals surface area contributed by atoms with Gasteiger partial charge in [0, 0.05) is 10.5 Å². The first-order valence-electron chi connectivity index (χ1n) is 3.74. The normalized spacial score (nSPS) is 19.9. The Morgan fingerprint density at radius 2 is 2.31 bits per heavy atom. The molecule has 1 atom stereocenters. The molecule has 0 aliphatic carbocycles. The topological polar surface area (TPSA) is 55.7 Å². The van der Waals surface area contributed by atoms with E-state index in [-0.39, 0.29) is 16.7 Å². The van der Waals surface area contributed by atoms with Gasteiger partial charge in [-0.3, -0.25) is 10.1 Å². The highest BCUT2D eigenvalue weighted by molar-refractivity contribution is 9.10. The van der Waals surface area contributed by atoms with Crippen LogP contribution in [0.4, 0.5) is 5.69 Å². The maximum atomic E-state index is 10.6. The van der Waals surface area contributed by atoms with Crippen LogP contribution < -0.4 is 0 Å². The number of nitro groups is 1. The highest BCUT2D eigenvalue weighted by atomic mass is 79.9. The zero-order valence-electron chi connectivity index (χ0n) is 6.57. The molecule has 5 heteroatoms. The van der Waals surface area contributed by atoms with Gasteiger partial charge in [0.1, 0.15) is 6.10 Å². The van der Waals surface area contributed by atoms with Crippen LogP contribution in [0.15, 0.2) is 22.7 Å². The first kappa shape index (κ1) is 8.65. The fraction of sp³-hybridized carbons (Fsp3) is 0.250. The van der Waals surface area contributed by atoms with Crippen molar-refractivity contribution in [1.29, 1.82) is 0 Å². The molecule has 0 saturated carbocycles. The number of nitrogens with zero attached hydrogens (tertiary/aromatic N) is 1. The van der Waals surface area contributed by atoms with E-state index >= 15 is 0 Å². The summed E-state index contributed by atoms with van der Waals surface area (Å²) in [7, 11) is 0. The lowest BCUT2D eigenvalue weighted by Gasteiger charge is -1.98. The lowest BCUT2D eigenvalue weighted by atomic mass is 10.1. The summed E-state index contributed by atoms with van der Waals surface area (Å²) in [5.41, 5.74) is 0.782. The van der Waals surface area contributed by atoms with E-state index in [2.05, 4.69) is 15.9 Å². The second kappa shape index (κ2) is 3.08. The lowest BCUT2D eigenvalue weighted by molar-refractivity contribution is -0.385. The van der Waals surface area contributed by atoms with Gasteiger partial charge < -0.3 is 4.74 Å². The Balaban J connectivity index is 2.47. The van der Waals surface area contributed by atoms with E-state index in [1.54, 1.807) is 12.1 Å². The molecular weight excluding hydrogens is 238 g/mol. The van der Waals surface area contributed by atoms with Gasteiger partial charge in [0.2, 0.25) is 0 Å². The highest BCUT2D eigenvalue weighted by Crippen LogP contribution is 2.37. The van der Waals surface area contributed by atoms with Crippen molar-refractivity contribution in [3.05, 3.63) is 38.3 Å². The molecule has 0 bridgehead atoms. The third kappa shape index (κ3) is 1.71. The van der Waals surface area contributed by atoms with Gasteiger partial charge in [-0.15, -0.1) is 0 Å². The first-order valence-corrected chi connectivity index (χ1v) is 4.53. The molecular formula is C8H6BrNO3. The molecule has 1 aromatic rings. The number of epoxide rings is 1. The predicted octanol–water partition coefficient (Wildman–Crippen LogP) is 2.43. The van der Waals surface area contributed by atoms with E-state index in [0.29, 0.717) is 16.6 Å². The molecule has 1 aliphatic rings. The number of rotatable bonds is 2. The Morgan fingerprint density at radius 1 is 1.62 bits per heavy atom. The summed E-state index contributed by atoms with van der Waals surface area (Å²) < 4.78 is 5.72. The minimum absolute atomic E-state index is 0.0755. The van der Waals surface area contributed by atoms with Gasteiger partial charge in [-0.25, -0.2) is 0 Å². The summed E-state index contributed by atoms with van der Waals surface area (Å²) in [6.45, 7) is 0.586. The fourth-order valence-electron chi connectivity index (χ4n) is 1.17. The summed E-state index contributed by atoms with van der Waals surface area (Å²) >= 11 is 3.19. The zero-order chi connectivity index (χ0) is 9.42. The van der Waals surface area contributed by atoms with Crippen LogP contribution in [0.25, 0.3) is 0 Å². The van der Waals surface area contributed by atoms with Crippen molar-refractivity contribution < 1.29 is 9.66 Å². The molecule has 68 valence electrons. The Labute approximate surface area is 82.8 Å². The van der Waals surface area contributed by atoms with E-state index in [1.165, 1.54) is 6.07 Å². The third-order valence-corrected chi connectivity index (χ3v) is 2.36. The van der Waals surface area contributed by atoms with E-state index in [0.717, 1.165) is 0 Å². The number of halogens is 1. The van der Waals surface area contributed by atoms with Gasteiger partial charge in [-0.2, -0.15) is 0 Å². The average molecular weight is 244 g/mol. The van der Waals surface area contributed by atoms with E-state index < -0.39 is 0 Å². The van der Waals surface area contributed by atoms with Crippen LogP contribution in [0, 0.1) is 10.1 Å². The molecule has 1 aromatic carbocycles. The number of benzene rings is 1. The van der Waals surface area contributed by atoms with Crippen molar-refractivity contribution in [2.75, 3.05) is 6.61 Å². The van der Waals surface area contributed by atoms with E-state index in [4.69, 9.17) is 4.74 Å². The van der Waals surface area contributed by atoms with Crippen molar-refractivity contribution in [3.8, 4) is 0 Å². The van der Waals surface area contributed by atoms with Crippen molar-refractivity contribution in [2.45, 2.75) is 6.10 Å². The molecule has 0 unspecified atom stereocenters. The molecule has 0 N–H and O–H groups in total. The van der Waals surface area contributed by atoms with E-state index in [9.17, 15) is 10.1 Å². The van der Waals surface area contributed by atoms with Gasteiger partial charge in [0.05, 0.1) is 17.1 Å². The molecule has 2 rings (SSSR count). The van der Waals surface area contributed by atoms with Crippen LogP contribution in [0.3, 0.4) is 0 Å². The van der Waals surface area contributed by atoms with Gasteiger partial charge in [-0.1, -0.05) is 15.9 Å². The van der Waals surface area contributed by atoms with Crippen LogP contribution >= 0.6 is 15.9 Å². The molecule has 1 saturated heterocycles. The van der Waals surface area contributed by atoms with Gasteiger partial charge in [0.25, 0.3) is 5.69 Å². The van der Waals surface area contributed by atoms with Crippen molar-refractivity contribution in [3.63, 3.8) is 0 Å². The highest BCUT2D eigenvalue weighted by Gasteiger charge is 2.31. The molecule has 1 aliphatic heterocycles. The molecule has 0 amide bonds. The average Bonchev–Trinajstić information content (AvgIpc) is 2.87. The Kier molecular flexibility index (Phi) is 2.05. The van der Waals surface area contributed by atoms with Crippen LogP contribution in [0.5, 0.6) is 0 Å². The number of ether oxygens (including phenoxy) is 1. The largest absolute Gasteiger partial charge is 0.368 e. The standard InChI is InChI=1S/C8H6BrNO3/c9-5-1-2-6(8-4-13-8)7(3-5)10(11)12/h1-3,8H,4H2/t8-/m1/s1. The molecule has 0 aromatic heterocycles. The molecule has 1 fully saturated rings. The SMILES string of the molecule is O=[N+]([O-])c1cc(Br)ccc1[C@H]1CO1. The third-order valence-electron chi connectivity index (χ3n) is 1.87. The van der Waals surface area contributed by atoms with Crippen molar-refractivity contribution in [2.24, 2.45) is 0 Å². The Morgan fingerprint density at radius 3 is 2.85 bits per heavy atom. The minimum Gasteiger partial charge on any atom is -0.368 e. The minimum atomic E-state index is -0.387. The van der Waals surface area contributed by atoms with Gasteiger partial charge in [-0.05, 0) is 12.1 Å². The Hall–Kier alpha value is -0.940. The first-order chi connectivity index (χ1) is 6.18. The summed E-state index contributed by atoms with van der Waals surface area (Å²) in [5.74, 6) is 0. The van der Waals surface area contributed by atoms with E-state index in [1.807, 2.05) is 0 Å². The fourth-order valence-corrected chi connectivity index (χ4v) is 1.52. The predicted molar refractivity (Wildman–Crippen MR) is 49.5 cm³/mol.